The summed E-state index contributed by atoms with van der Waals surface area (Å²) < 4.78 is 5.72. The van der Waals surface area contributed by atoms with E-state index in [1.165, 1.54) is 5.56 Å². The minimum absolute atomic E-state index is 0.176. The van der Waals surface area contributed by atoms with Gasteiger partial charge in [0.15, 0.2) is 0 Å². The third-order valence-electron chi connectivity index (χ3n) is 2.78. The molecule has 0 N–H and O–H groups in total. The lowest BCUT2D eigenvalue weighted by atomic mass is 9.87. The molecule has 0 saturated carbocycles. The quantitative estimate of drug-likeness (QED) is 0.743. The van der Waals surface area contributed by atoms with Gasteiger partial charge in [-0.15, -0.1) is 11.3 Å². The van der Waals surface area contributed by atoms with Crippen LogP contribution in [0.1, 0.15) is 31.2 Å². The number of hydrogen-bond acceptors (Lipinski definition) is 2. The van der Waals surface area contributed by atoms with Gasteiger partial charge in [-0.1, -0.05) is 44.5 Å². The van der Waals surface area contributed by atoms with E-state index in [4.69, 9.17) is 16.3 Å². The molecular weight excluding hydrogens is 264 g/mol. The molecule has 0 bridgehead atoms. The summed E-state index contributed by atoms with van der Waals surface area (Å²) in [6.07, 6.45) is 0. The molecule has 1 aromatic carbocycles. The molecule has 2 aromatic rings. The Balaban J connectivity index is 2.01. The molecule has 18 heavy (non-hydrogen) atoms. The highest BCUT2D eigenvalue weighted by molar-refractivity contribution is 7.10. The number of ether oxygens (including phenoxy) is 1. The Labute approximate surface area is 117 Å². The van der Waals surface area contributed by atoms with Gasteiger partial charge >= 0.3 is 0 Å². The van der Waals surface area contributed by atoms with Crippen molar-refractivity contribution in [3.63, 3.8) is 0 Å². The van der Waals surface area contributed by atoms with E-state index in [1.54, 1.807) is 11.3 Å². The Hall–Kier alpha value is -0.990. The standard InChI is InChI=1S/C15H17ClOS/c1-15(2,3)11-4-6-12(7-5-11)17-10-14-13(16)8-9-18-14/h4-9H,10H2,1-3H3. The topological polar surface area (TPSA) is 9.23 Å². The van der Waals surface area contributed by atoms with E-state index in [0.29, 0.717) is 6.61 Å². The van der Waals surface area contributed by atoms with Crippen LogP contribution in [0.4, 0.5) is 0 Å². The summed E-state index contributed by atoms with van der Waals surface area (Å²) in [5.41, 5.74) is 1.49. The number of rotatable bonds is 3. The molecule has 0 radical (unpaired) electrons. The van der Waals surface area contributed by atoms with Gasteiger partial charge in [-0.05, 0) is 34.6 Å². The highest BCUT2D eigenvalue weighted by Gasteiger charge is 2.13. The van der Waals surface area contributed by atoms with Gasteiger partial charge in [0, 0.05) is 0 Å². The zero-order valence-electron chi connectivity index (χ0n) is 10.9. The van der Waals surface area contributed by atoms with E-state index in [-0.39, 0.29) is 5.41 Å². The first-order valence-corrected chi connectivity index (χ1v) is 7.18. The van der Waals surface area contributed by atoms with E-state index in [2.05, 4.69) is 32.9 Å². The lowest BCUT2D eigenvalue weighted by molar-refractivity contribution is 0.309. The molecule has 0 atom stereocenters. The molecule has 0 fully saturated rings. The maximum atomic E-state index is 6.02. The molecule has 0 aliphatic rings. The van der Waals surface area contributed by atoms with E-state index < -0.39 is 0 Å². The summed E-state index contributed by atoms with van der Waals surface area (Å²) in [6, 6.07) is 10.2. The van der Waals surface area contributed by atoms with E-state index in [0.717, 1.165) is 15.6 Å². The zero-order valence-corrected chi connectivity index (χ0v) is 12.4. The first-order valence-electron chi connectivity index (χ1n) is 5.92. The normalized spacial score (nSPS) is 11.6. The zero-order chi connectivity index (χ0) is 13.2. The maximum absolute atomic E-state index is 6.02. The largest absolute Gasteiger partial charge is 0.488 e. The van der Waals surface area contributed by atoms with Crippen LogP contribution in [0.5, 0.6) is 5.75 Å². The Bertz CT molecular complexity index is 508. The predicted octanol–water partition coefficient (Wildman–Crippen LogP) is 5.28. The van der Waals surface area contributed by atoms with Crippen LogP contribution in [0, 0.1) is 0 Å². The Kier molecular flexibility index (Phi) is 3.98. The van der Waals surface area contributed by atoms with Crippen molar-refractivity contribution in [2.24, 2.45) is 0 Å². The lowest BCUT2D eigenvalue weighted by Gasteiger charge is -2.19. The van der Waals surface area contributed by atoms with Crippen molar-refractivity contribution in [1.82, 2.24) is 0 Å². The molecule has 0 unspecified atom stereocenters. The molecule has 1 heterocycles. The van der Waals surface area contributed by atoms with Gasteiger partial charge in [-0.25, -0.2) is 0 Å². The van der Waals surface area contributed by atoms with Gasteiger partial charge in [0.05, 0.1) is 9.90 Å². The number of hydrogen-bond donors (Lipinski definition) is 0. The second kappa shape index (κ2) is 5.33. The fourth-order valence-electron chi connectivity index (χ4n) is 1.63. The SMILES string of the molecule is CC(C)(C)c1ccc(OCc2sccc2Cl)cc1. The first kappa shape index (κ1) is 13.4. The number of thiophene rings is 1. The summed E-state index contributed by atoms with van der Waals surface area (Å²) in [5, 5.41) is 2.76. The summed E-state index contributed by atoms with van der Waals surface area (Å²) in [6.45, 7) is 7.14. The fourth-order valence-corrected chi connectivity index (χ4v) is 2.63. The van der Waals surface area contributed by atoms with E-state index >= 15 is 0 Å². The van der Waals surface area contributed by atoms with Crippen molar-refractivity contribution in [2.75, 3.05) is 0 Å². The van der Waals surface area contributed by atoms with Crippen molar-refractivity contribution in [1.29, 1.82) is 0 Å². The third kappa shape index (κ3) is 3.27. The number of halogens is 1. The smallest absolute Gasteiger partial charge is 0.124 e. The molecule has 96 valence electrons. The Morgan fingerprint density at radius 3 is 2.28 bits per heavy atom. The molecule has 0 spiro atoms. The van der Waals surface area contributed by atoms with Crippen molar-refractivity contribution in [3.05, 3.63) is 51.2 Å². The van der Waals surface area contributed by atoms with Crippen LogP contribution in [0.25, 0.3) is 0 Å². The van der Waals surface area contributed by atoms with Gasteiger partial charge < -0.3 is 4.74 Å². The average Bonchev–Trinajstić information content (AvgIpc) is 2.72. The highest BCUT2D eigenvalue weighted by Crippen LogP contribution is 2.26. The predicted molar refractivity (Wildman–Crippen MR) is 78.8 cm³/mol. The molecule has 3 heteroatoms. The fraction of sp³-hybridized carbons (Fsp3) is 0.333. The van der Waals surface area contributed by atoms with Crippen LogP contribution in [0.2, 0.25) is 5.02 Å². The van der Waals surface area contributed by atoms with Crippen LogP contribution < -0.4 is 4.74 Å². The van der Waals surface area contributed by atoms with Crippen LogP contribution in [0.15, 0.2) is 35.7 Å². The van der Waals surface area contributed by atoms with Crippen molar-refractivity contribution >= 4 is 22.9 Å². The van der Waals surface area contributed by atoms with Gasteiger partial charge in [0.2, 0.25) is 0 Å². The van der Waals surface area contributed by atoms with Crippen molar-refractivity contribution in [3.8, 4) is 5.75 Å². The molecule has 2 rings (SSSR count). The van der Waals surface area contributed by atoms with Crippen molar-refractivity contribution < 1.29 is 4.74 Å². The van der Waals surface area contributed by atoms with Crippen LogP contribution >= 0.6 is 22.9 Å². The maximum Gasteiger partial charge on any atom is 0.124 e. The molecule has 0 saturated heterocycles. The minimum atomic E-state index is 0.176. The monoisotopic (exact) mass is 280 g/mol. The number of benzene rings is 1. The minimum Gasteiger partial charge on any atom is -0.488 e. The summed E-state index contributed by atoms with van der Waals surface area (Å²) in [7, 11) is 0. The molecule has 1 nitrogen and oxygen atoms in total. The second-order valence-electron chi connectivity index (χ2n) is 5.25. The Morgan fingerprint density at radius 2 is 1.78 bits per heavy atom. The molecule has 1 aromatic heterocycles. The van der Waals surface area contributed by atoms with Gasteiger partial charge in [-0.3, -0.25) is 0 Å². The first-order chi connectivity index (χ1) is 8.47. The Morgan fingerprint density at radius 1 is 1.11 bits per heavy atom. The summed E-state index contributed by atoms with van der Waals surface area (Å²) in [5.74, 6) is 0.882. The van der Waals surface area contributed by atoms with Crippen LogP contribution in [-0.4, -0.2) is 0 Å². The van der Waals surface area contributed by atoms with Gasteiger partial charge in [0.1, 0.15) is 12.4 Å². The molecule has 0 aliphatic carbocycles. The van der Waals surface area contributed by atoms with Gasteiger partial charge in [-0.2, -0.15) is 0 Å². The summed E-state index contributed by atoms with van der Waals surface area (Å²) in [4.78, 5) is 1.07. The summed E-state index contributed by atoms with van der Waals surface area (Å²) >= 11 is 7.64. The third-order valence-corrected chi connectivity index (χ3v) is 4.14. The molecular formula is C15H17ClOS. The van der Waals surface area contributed by atoms with Gasteiger partial charge in [0.25, 0.3) is 0 Å². The second-order valence-corrected chi connectivity index (χ2v) is 6.66. The highest BCUT2D eigenvalue weighted by atomic mass is 35.5. The molecule has 0 aliphatic heterocycles. The van der Waals surface area contributed by atoms with E-state index in [9.17, 15) is 0 Å². The molecule has 0 amide bonds. The lowest BCUT2D eigenvalue weighted by Crippen LogP contribution is -2.10. The van der Waals surface area contributed by atoms with Crippen LogP contribution in [0.3, 0.4) is 0 Å². The van der Waals surface area contributed by atoms with E-state index in [1.807, 2.05) is 23.6 Å². The van der Waals surface area contributed by atoms with Crippen LogP contribution in [-0.2, 0) is 12.0 Å². The van der Waals surface area contributed by atoms with Crippen molar-refractivity contribution in [2.45, 2.75) is 32.8 Å². The average molecular weight is 281 g/mol.